The van der Waals surface area contributed by atoms with Crippen molar-refractivity contribution in [1.29, 1.82) is 0 Å². The summed E-state index contributed by atoms with van der Waals surface area (Å²) in [6.45, 7) is 2.66. The van der Waals surface area contributed by atoms with Crippen molar-refractivity contribution in [3.8, 4) is 0 Å². The van der Waals surface area contributed by atoms with Gasteiger partial charge in [0.15, 0.2) is 0 Å². The molecule has 1 saturated heterocycles. The molecule has 1 aliphatic rings. The largest absolute Gasteiger partial charge is 0.465 e. The van der Waals surface area contributed by atoms with Crippen molar-refractivity contribution >= 4 is 6.09 Å². The molecule has 1 atom stereocenters. The van der Waals surface area contributed by atoms with Gasteiger partial charge in [0.1, 0.15) is 0 Å². The molecule has 9 heavy (non-hydrogen) atoms. The van der Waals surface area contributed by atoms with Crippen molar-refractivity contribution in [2.24, 2.45) is 0 Å². The van der Waals surface area contributed by atoms with E-state index in [4.69, 9.17) is 5.11 Å². The van der Waals surface area contributed by atoms with E-state index in [0.717, 1.165) is 19.4 Å². The maximum Gasteiger partial charge on any atom is 0.407 e. The van der Waals surface area contributed by atoms with Crippen LogP contribution in [0.2, 0.25) is 0 Å². The van der Waals surface area contributed by atoms with E-state index in [1.54, 1.807) is 0 Å². The van der Waals surface area contributed by atoms with Gasteiger partial charge in [-0.25, -0.2) is 4.79 Å². The first-order valence-electron chi connectivity index (χ1n) is 3.21. The zero-order valence-electron chi connectivity index (χ0n) is 5.50. The number of carbonyl (C=O) groups is 1. The first kappa shape index (κ1) is 6.39. The summed E-state index contributed by atoms with van der Waals surface area (Å²) in [5.74, 6) is 0. The number of likely N-dealkylation sites (tertiary alicyclic amines) is 1. The molecule has 0 bridgehead atoms. The average Bonchev–Trinajstić information content (AvgIpc) is 2.13. The minimum absolute atomic E-state index is 0.238. The lowest BCUT2D eigenvalue weighted by Crippen LogP contribution is -2.31. The van der Waals surface area contributed by atoms with Crippen LogP contribution >= 0.6 is 0 Å². The molecule has 0 radical (unpaired) electrons. The number of hydrogen-bond donors (Lipinski definition) is 1. The smallest absolute Gasteiger partial charge is 0.407 e. The third kappa shape index (κ3) is 1.15. The van der Waals surface area contributed by atoms with Crippen LogP contribution in [-0.2, 0) is 0 Å². The van der Waals surface area contributed by atoms with E-state index < -0.39 is 6.09 Å². The normalized spacial score (nSPS) is 26.8. The maximum absolute atomic E-state index is 10.3. The monoisotopic (exact) mass is 129 g/mol. The molecule has 52 valence electrons. The Morgan fingerprint density at radius 1 is 1.78 bits per heavy atom. The van der Waals surface area contributed by atoms with Gasteiger partial charge in [-0.1, -0.05) is 0 Å². The molecule has 1 amide bonds. The maximum atomic E-state index is 10.3. The molecule has 0 aromatic carbocycles. The van der Waals surface area contributed by atoms with Gasteiger partial charge in [0.25, 0.3) is 0 Å². The van der Waals surface area contributed by atoms with Gasteiger partial charge in [-0.05, 0) is 19.8 Å². The molecule has 0 spiro atoms. The summed E-state index contributed by atoms with van der Waals surface area (Å²) in [4.78, 5) is 11.8. The number of hydrogen-bond acceptors (Lipinski definition) is 1. The fourth-order valence-electron chi connectivity index (χ4n) is 1.22. The summed E-state index contributed by atoms with van der Waals surface area (Å²) in [6, 6.07) is 0.238. The van der Waals surface area contributed by atoms with Crippen LogP contribution in [0, 0.1) is 0 Å². The summed E-state index contributed by atoms with van der Waals surface area (Å²) in [6.07, 6.45) is 1.26. The van der Waals surface area contributed by atoms with E-state index in [9.17, 15) is 4.79 Å². The molecule has 0 aliphatic carbocycles. The molecular formula is C6H11NO2. The van der Waals surface area contributed by atoms with E-state index in [0.29, 0.717) is 0 Å². The summed E-state index contributed by atoms with van der Waals surface area (Å²) < 4.78 is 0. The van der Waals surface area contributed by atoms with E-state index in [1.807, 2.05) is 6.92 Å². The van der Waals surface area contributed by atoms with Crippen LogP contribution in [0.15, 0.2) is 0 Å². The highest BCUT2D eigenvalue weighted by Gasteiger charge is 2.23. The standard InChI is InChI=1S/C6H11NO2/c1-5-3-2-4-7(5)6(8)9/h5H,2-4H2,1H3,(H,8,9)/t5-/m0/s1. The first-order chi connectivity index (χ1) is 4.22. The van der Waals surface area contributed by atoms with Crippen molar-refractivity contribution < 1.29 is 9.90 Å². The fourth-order valence-corrected chi connectivity index (χ4v) is 1.22. The molecule has 0 unspecified atom stereocenters. The van der Waals surface area contributed by atoms with Gasteiger partial charge in [0.2, 0.25) is 0 Å². The van der Waals surface area contributed by atoms with Gasteiger partial charge in [0.05, 0.1) is 0 Å². The first-order valence-corrected chi connectivity index (χ1v) is 3.21. The molecule has 1 heterocycles. The van der Waals surface area contributed by atoms with Gasteiger partial charge in [-0.2, -0.15) is 0 Å². The van der Waals surface area contributed by atoms with Gasteiger partial charge in [0, 0.05) is 12.6 Å². The van der Waals surface area contributed by atoms with Crippen LogP contribution in [0.25, 0.3) is 0 Å². The molecule has 0 aromatic heterocycles. The summed E-state index contributed by atoms with van der Waals surface area (Å²) in [5.41, 5.74) is 0. The lowest BCUT2D eigenvalue weighted by Gasteiger charge is -2.16. The lowest BCUT2D eigenvalue weighted by molar-refractivity contribution is 0.143. The predicted octanol–water partition coefficient (Wildman–Crippen LogP) is 1.15. The van der Waals surface area contributed by atoms with Crippen LogP contribution in [0.3, 0.4) is 0 Å². The van der Waals surface area contributed by atoms with Crippen molar-refractivity contribution in [3.63, 3.8) is 0 Å². The quantitative estimate of drug-likeness (QED) is 0.533. The van der Waals surface area contributed by atoms with E-state index >= 15 is 0 Å². The summed E-state index contributed by atoms with van der Waals surface area (Å²) >= 11 is 0. The number of amides is 1. The molecule has 1 N–H and O–H groups in total. The van der Waals surface area contributed by atoms with Crippen LogP contribution in [-0.4, -0.2) is 28.7 Å². The second-order valence-electron chi connectivity index (χ2n) is 2.47. The van der Waals surface area contributed by atoms with E-state index in [-0.39, 0.29) is 6.04 Å². The Morgan fingerprint density at radius 3 is 2.67 bits per heavy atom. The van der Waals surface area contributed by atoms with Crippen LogP contribution in [0.1, 0.15) is 19.8 Å². The number of nitrogens with zero attached hydrogens (tertiary/aromatic N) is 1. The Bertz CT molecular complexity index is 124. The minimum atomic E-state index is -0.778. The Kier molecular flexibility index (Phi) is 1.60. The number of rotatable bonds is 0. The van der Waals surface area contributed by atoms with Crippen LogP contribution in [0.4, 0.5) is 4.79 Å². The Hall–Kier alpha value is -0.730. The Labute approximate surface area is 54.3 Å². The summed E-state index contributed by atoms with van der Waals surface area (Å²) in [5, 5.41) is 8.51. The Balaban J connectivity index is 2.49. The third-order valence-electron chi connectivity index (χ3n) is 1.80. The molecule has 1 fully saturated rings. The van der Waals surface area contributed by atoms with Crippen molar-refractivity contribution in [2.45, 2.75) is 25.8 Å². The zero-order valence-corrected chi connectivity index (χ0v) is 5.50. The SMILES string of the molecule is C[C@H]1CCCN1C(=O)O. The van der Waals surface area contributed by atoms with E-state index in [1.165, 1.54) is 4.90 Å². The zero-order chi connectivity index (χ0) is 6.85. The van der Waals surface area contributed by atoms with Crippen molar-refractivity contribution in [1.82, 2.24) is 4.90 Å². The second kappa shape index (κ2) is 2.25. The molecule has 0 saturated carbocycles. The molecule has 1 aliphatic heterocycles. The van der Waals surface area contributed by atoms with Crippen LogP contribution in [0.5, 0.6) is 0 Å². The van der Waals surface area contributed by atoms with E-state index in [2.05, 4.69) is 0 Å². The van der Waals surface area contributed by atoms with Crippen LogP contribution < -0.4 is 0 Å². The molecule has 0 aromatic rings. The topological polar surface area (TPSA) is 40.5 Å². The summed E-state index contributed by atoms with van der Waals surface area (Å²) in [7, 11) is 0. The predicted molar refractivity (Wildman–Crippen MR) is 33.4 cm³/mol. The molecular weight excluding hydrogens is 118 g/mol. The van der Waals surface area contributed by atoms with Gasteiger partial charge in [-0.3, -0.25) is 0 Å². The average molecular weight is 129 g/mol. The fraction of sp³-hybridized carbons (Fsp3) is 0.833. The third-order valence-corrected chi connectivity index (χ3v) is 1.80. The van der Waals surface area contributed by atoms with Gasteiger partial charge < -0.3 is 10.0 Å². The molecule has 3 heteroatoms. The van der Waals surface area contributed by atoms with Crippen molar-refractivity contribution in [3.05, 3.63) is 0 Å². The Morgan fingerprint density at radius 2 is 2.44 bits per heavy atom. The van der Waals surface area contributed by atoms with Gasteiger partial charge in [-0.15, -0.1) is 0 Å². The van der Waals surface area contributed by atoms with Gasteiger partial charge >= 0.3 is 6.09 Å². The number of carboxylic acid groups (broad SMARTS) is 1. The van der Waals surface area contributed by atoms with Crippen molar-refractivity contribution in [2.75, 3.05) is 6.54 Å². The molecule has 3 nitrogen and oxygen atoms in total. The highest BCUT2D eigenvalue weighted by Crippen LogP contribution is 2.15. The second-order valence-corrected chi connectivity index (χ2v) is 2.47. The highest BCUT2D eigenvalue weighted by molar-refractivity contribution is 5.65. The lowest BCUT2D eigenvalue weighted by atomic mass is 10.2. The minimum Gasteiger partial charge on any atom is -0.465 e. The highest BCUT2D eigenvalue weighted by atomic mass is 16.4. The molecule has 1 rings (SSSR count).